The second-order valence-electron chi connectivity index (χ2n) is 5.48. The number of para-hydroxylation sites is 1. The normalized spacial score (nSPS) is 23.7. The lowest BCUT2D eigenvalue weighted by molar-refractivity contribution is 0.473. The maximum atomic E-state index is 3.33. The van der Waals surface area contributed by atoms with Crippen LogP contribution in [0.1, 0.15) is 31.4 Å². The summed E-state index contributed by atoms with van der Waals surface area (Å²) >= 11 is 0. The maximum Gasteiger partial charge on any atom is 0.0430 e. The van der Waals surface area contributed by atoms with Crippen LogP contribution >= 0.6 is 0 Å². The third kappa shape index (κ3) is 2.39. The lowest BCUT2D eigenvalue weighted by atomic mass is 10.0. The van der Waals surface area contributed by atoms with E-state index < -0.39 is 0 Å². The number of aryl methyl sites for hydroxylation is 2. The second-order valence-corrected chi connectivity index (χ2v) is 5.48. The van der Waals surface area contributed by atoms with Crippen molar-refractivity contribution in [3.8, 4) is 0 Å². The molecule has 0 radical (unpaired) electrons. The van der Waals surface area contributed by atoms with Crippen LogP contribution < -0.4 is 10.2 Å². The van der Waals surface area contributed by atoms with E-state index in [1.54, 1.807) is 0 Å². The van der Waals surface area contributed by atoms with E-state index in [4.69, 9.17) is 0 Å². The summed E-state index contributed by atoms with van der Waals surface area (Å²) in [6.07, 6.45) is 2.43. The van der Waals surface area contributed by atoms with Crippen molar-refractivity contribution in [2.75, 3.05) is 25.0 Å². The molecule has 18 heavy (non-hydrogen) atoms. The van der Waals surface area contributed by atoms with Gasteiger partial charge in [0, 0.05) is 18.3 Å². The molecule has 0 saturated carbocycles. The van der Waals surface area contributed by atoms with Gasteiger partial charge in [0.25, 0.3) is 0 Å². The second kappa shape index (κ2) is 5.75. The van der Waals surface area contributed by atoms with Crippen molar-refractivity contribution in [2.24, 2.45) is 5.92 Å². The average molecular weight is 246 g/mol. The van der Waals surface area contributed by atoms with Gasteiger partial charge in [0.2, 0.25) is 0 Å². The Bertz CT molecular complexity index is 400. The van der Waals surface area contributed by atoms with Crippen molar-refractivity contribution >= 4 is 5.69 Å². The van der Waals surface area contributed by atoms with Crippen molar-refractivity contribution in [3.05, 3.63) is 29.3 Å². The van der Waals surface area contributed by atoms with Crippen LogP contribution in [0.15, 0.2) is 18.2 Å². The van der Waals surface area contributed by atoms with E-state index in [-0.39, 0.29) is 0 Å². The molecule has 0 aromatic heterocycles. The number of benzene rings is 1. The van der Waals surface area contributed by atoms with E-state index in [0.717, 1.165) is 18.9 Å². The molecular weight excluding hydrogens is 220 g/mol. The highest BCUT2D eigenvalue weighted by molar-refractivity contribution is 5.60. The van der Waals surface area contributed by atoms with Crippen LogP contribution in [0.3, 0.4) is 0 Å². The number of rotatable bonds is 4. The van der Waals surface area contributed by atoms with E-state index >= 15 is 0 Å². The van der Waals surface area contributed by atoms with Crippen LogP contribution in [0, 0.1) is 12.8 Å². The highest BCUT2D eigenvalue weighted by Crippen LogP contribution is 2.34. The van der Waals surface area contributed by atoms with Crippen LogP contribution in [0.4, 0.5) is 5.69 Å². The van der Waals surface area contributed by atoms with Crippen LogP contribution in [-0.4, -0.2) is 26.2 Å². The zero-order chi connectivity index (χ0) is 13.1. The largest absolute Gasteiger partial charge is 0.368 e. The molecule has 0 aliphatic carbocycles. The van der Waals surface area contributed by atoms with Gasteiger partial charge >= 0.3 is 0 Å². The first-order chi connectivity index (χ1) is 8.69. The molecule has 2 unspecified atom stereocenters. The molecule has 1 aliphatic heterocycles. The molecule has 2 rings (SSSR count). The van der Waals surface area contributed by atoms with Gasteiger partial charge in [-0.1, -0.05) is 25.1 Å². The van der Waals surface area contributed by atoms with Crippen LogP contribution in [0.25, 0.3) is 0 Å². The molecule has 0 spiro atoms. The molecule has 0 bridgehead atoms. The zero-order valence-electron chi connectivity index (χ0n) is 12.2. The smallest absolute Gasteiger partial charge is 0.0430 e. The Morgan fingerprint density at radius 3 is 2.83 bits per heavy atom. The van der Waals surface area contributed by atoms with E-state index in [2.05, 4.69) is 56.2 Å². The van der Waals surface area contributed by atoms with Gasteiger partial charge in [0.1, 0.15) is 0 Å². The number of hydrogen-bond donors (Lipinski definition) is 1. The average Bonchev–Trinajstić information content (AvgIpc) is 2.71. The van der Waals surface area contributed by atoms with Crippen LogP contribution in [0.2, 0.25) is 0 Å². The number of nitrogens with zero attached hydrogens (tertiary/aromatic N) is 1. The molecule has 100 valence electrons. The van der Waals surface area contributed by atoms with Gasteiger partial charge < -0.3 is 10.2 Å². The van der Waals surface area contributed by atoms with Crippen molar-refractivity contribution < 1.29 is 0 Å². The molecule has 1 aromatic rings. The Balaban J connectivity index is 2.27. The Labute approximate surface area is 111 Å². The Morgan fingerprint density at radius 1 is 1.39 bits per heavy atom. The summed E-state index contributed by atoms with van der Waals surface area (Å²) in [4.78, 5) is 2.62. The van der Waals surface area contributed by atoms with E-state index in [1.807, 2.05) is 0 Å². The third-order valence-corrected chi connectivity index (χ3v) is 4.37. The molecule has 1 aromatic carbocycles. The Kier molecular flexibility index (Phi) is 4.28. The fourth-order valence-electron chi connectivity index (χ4n) is 3.27. The first-order valence-electron chi connectivity index (χ1n) is 7.18. The summed E-state index contributed by atoms with van der Waals surface area (Å²) in [5.74, 6) is 0.777. The van der Waals surface area contributed by atoms with Crippen molar-refractivity contribution in [3.63, 3.8) is 0 Å². The van der Waals surface area contributed by atoms with Gasteiger partial charge in [-0.05, 0) is 57.3 Å². The molecular formula is C16H26N2. The molecule has 2 atom stereocenters. The van der Waals surface area contributed by atoms with Gasteiger partial charge in [-0.3, -0.25) is 0 Å². The highest BCUT2D eigenvalue weighted by atomic mass is 15.2. The van der Waals surface area contributed by atoms with Gasteiger partial charge in [-0.15, -0.1) is 0 Å². The van der Waals surface area contributed by atoms with Gasteiger partial charge in [0.05, 0.1) is 0 Å². The van der Waals surface area contributed by atoms with E-state index in [1.165, 1.54) is 29.8 Å². The molecule has 1 aliphatic rings. The summed E-state index contributed by atoms with van der Waals surface area (Å²) in [6, 6.07) is 7.35. The first-order valence-corrected chi connectivity index (χ1v) is 7.18. The topological polar surface area (TPSA) is 15.3 Å². The van der Waals surface area contributed by atoms with E-state index in [0.29, 0.717) is 6.04 Å². The summed E-state index contributed by atoms with van der Waals surface area (Å²) in [7, 11) is 2.06. The summed E-state index contributed by atoms with van der Waals surface area (Å²) in [5.41, 5.74) is 4.41. The zero-order valence-corrected chi connectivity index (χ0v) is 12.2. The fraction of sp³-hybridized carbons (Fsp3) is 0.625. The highest BCUT2D eigenvalue weighted by Gasteiger charge is 2.31. The number of anilines is 1. The predicted molar refractivity (Wildman–Crippen MR) is 79.4 cm³/mol. The van der Waals surface area contributed by atoms with Gasteiger partial charge in [-0.25, -0.2) is 0 Å². The quantitative estimate of drug-likeness (QED) is 0.878. The summed E-state index contributed by atoms with van der Waals surface area (Å²) in [6.45, 7) is 9.20. The van der Waals surface area contributed by atoms with Crippen molar-refractivity contribution in [1.29, 1.82) is 0 Å². The first kappa shape index (κ1) is 13.4. The molecule has 1 N–H and O–H groups in total. The minimum absolute atomic E-state index is 0.642. The van der Waals surface area contributed by atoms with Crippen molar-refractivity contribution in [2.45, 2.75) is 39.7 Å². The standard InChI is InChI=1S/C16H26N2/c1-5-14-8-6-7-12(2)16(14)18-10-9-15(11-17-4)13(18)3/h6-8,13,15,17H,5,9-11H2,1-4H3. The van der Waals surface area contributed by atoms with Crippen LogP contribution in [-0.2, 0) is 6.42 Å². The number of nitrogens with one attached hydrogen (secondary N) is 1. The SMILES string of the molecule is CCc1cccc(C)c1N1CCC(CNC)C1C. The van der Waals surface area contributed by atoms with Crippen molar-refractivity contribution in [1.82, 2.24) is 5.32 Å². The summed E-state index contributed by atoms with van der Waals surface area (Å²) in [5, 5.41) is 3.33. The van der Waals surface area contributed by atoms with Gasteiger partial charge in [0.15, 0.2) is 0 Å². The minimum atomic E-state index is 0.642. The van der Waals surface area contributed by atoms with E-state index in [9.17, 15) is 0 Å². The Morgan fingerprint density at radius 2 is 2.17 bits per heavy atom. The molecule has 2 nitrogen and oxygen atoms in total. The monoisotopic (exact) mass is 246 g/mol. The fourth-order valence-corrected chi connectivity index (χ4v) is 3.27. The third-order valence-electron chi connectivity index (χ3n) is 4.37. The lowest BCUT2D eigenvalue weighted by Gasteiger charge is -2.30. The molecule has 1 fully saturated rings. The minimum Gasteiger partial charge on any atom is -0.368 e. The Hall–Kier alpha value is -1.02. The van der Waals surface area contributed by atoms with Crippen LogP contribution in [0.5, 0.6) is 0 Å². The lowest BCUT2D eigenvalue weighted by Crippen LogP contribution is -2.34. The molecule has 1 saturated heterocycles. The number of hydrogen-bond acceptors (Lipinski definition) is 2. The molecule has 1 heterocycles. The maximum absolute atomic E-state index is 3.33. The molecule has 0 amide bonds. The molecule has 2 heteroatoms. The predicted octanol–water partition coefficient (Wildman–Crippen LogP) is 2.99. The van der Waals surface area contributed by atoms with Gasteiger partial charge in [-0.2, -0.15) is 0 Å². The summed E-state index contributed by atoms with van der Waals surface area (Å²) < 4.78 is 0.